The molecule has 1 aliphatic rings. The van der Waals surface area contributed by atoms with Gasteiger partial charge in [0.2, 0.25) is 0 Å². The average molecular weight is 355 g/mol. The van der Waals surface area contributed by atoms with Gasteiger partial charge in [-0.3, -0.25) is 4.90 Å². The van der Waals surface area contributed by atoms with E-state index in [1.54, 1.807) is 14.2 Å². The zero-order chi connectivity index (χ0) is 18.2. The molecule has 0 spiro atoms. The third-order valence-corrected chi connectivity index (χ3v) is 4.59. The lowest BCUT2D eigenvalue weighted by Gasteiger charge is -2.25. The van der Waals surface area contributed by atoms with E-state index in [2.05, 4.69) is 46.1 Å². The van der Waals surface area contributed by atoms with Crippen molar-refractivity contribution in [1.82, 2.24) is 4.90 Å². The molecule has 0 aliphatic carbocycles. The summed E-state index contributed by atoms with van der Waals surface area (Å²) < 4.78 is 18.3. The summed E-state index contributed by atoms with van der Waals surface area (Å²) in [5.41, 5.74) is 2.15. The summed E-state index contributed by atoms with van der Waals surface area (Å²) in [5, 5.41) is 0. The molecule has 1 saturated heterocycles. The monoisotopic (exact) mass is 355 g/mol. The lowest BCUT2D eigenvalue weighted by atomic mass is 10.1. The zero-order valence-corrected chi connectivity index (χ0v) is 15.6. The second kappa shape index (κ2) is 9.36. The minimum atomic E-state index is 0.819. The predicted molar refractivity (Wildman–Crippen MR) is 102 cm³/mol. The van der Waals surface area contributed by atoms with Gasteiger partial charge < -0.3 is 14.2 Å². The van der Waals surface area contributed by atoms with Crippen LogP contribution in [-0.4, -0.2) is 52.0 Å². The molecule has 2 aromatic rings. The van der Waals surface area contributed by atoms with Gasteiger partial charge in [-0.15, -0.1) is 0 Å². The maximum absolute atomic E-state index is 5.42. The van der Waals surface area contributed by atoms with Crippen LogP contribution in [0.2, 0.25) is 0 Å². The highest BCUT2D eigenvalue weighted by Crippen LogP contribution is 2.25. The molecule has 0 radical (unpaired) electrons. The number of hydrogen-bond donors (Lipinski definition) is 0. The van der Waals surface area contributed by atoms with Gasteiger partial charge in [0.15, 0.2) is 18.9 Å². The molecule has 1 aliphatic heterocycles. The second-order valence-corrected chi connectivity index (χ2v) is 6.26. The molecule has 1 aromatic heterocycles. The molecule has 0 bridgehead atoms. The van der Waals surface area contributed by atoms with E-state index in [1.807, 2.05) is 18.2 Å². The van der Waals surface area contributed by atoms with Crippen molar-refractivity contribution in [2.24, 2.45) is 0 Å². The molecule has 2 heterocycles. The van der Waals surface area contributed by atoms with Gasteiger partial charge >= 0.3 is 0 Å². The van der Waals surface area contributed by atoms with Gasteiger partial charge in [-0.05, 0) is 23.8 Å². The number of rotatable bonds is 7. The molecular weight excluding hydrogens is 328 g/mol. The zero-order valence-electron chi connectivity index (χ0n) is 15.6. The predicted octanol–water partition coefficient (Wildman–Crippen LogP) is 2.49. The van der Waals surface area contributed by atoms with Crippen LogP contribution in [0, 0.1) is 0 Å². The van der Waals surface area contributed by atoms with E-state index in [-0.39, 0.29) is 0 Å². The Bertz CT molecular complexity index is 723. The lowest BCUT2D eigenvalue weighted by molar-refractivity contribution is -0.696. The van der Waals surface area contributed by atoms with Gasteiger partial charge in [0.25, 0.3) is 0 Å². The van der Waals surface area contributed by atoms with Crippen molar-refractivity contribution >= 4 is 12.2 Å². The van der Waals surface area contributed by atoms with E-state index < -0.39 is 0 Å². The number of hydrogen-bond acceptors (Lipinski definition) is 4. The molecule has 3 rings (SSSR count). The van der Waals surface area contributed by atoms with Crippen molar-refractivity contribution in [2.45, 2.75) is 6.54 Å². The molecule has 5 nitrogen and oxygen atoms in total. The van der Waals surface area contributed by atoms with Crippen LogP contribution in [0.3, 0.4) is 0 Å². The summed E-state index contributed by atoms with van der Waals surface area (Å²) in [6, 6.07) is 10.0. The molecular formula is C21H27N2O3+. The molecule has 0 amide bonds. The summed E-state index contributed by atoms with van der Waals surface area (Å²) in [7, 11) is 3.35. The fourth-order valence-electron chi connectivity index (χ4n) is 2.97. The molecule has 0 atom stereocenters. The minimum absolute atomic E-state index is 0.819. The SMILES string of the molecule is COc1ccc(OC)c(C=Cc2cc[n+](CCN3CCOCC3)cc2)c1. The van der Waals surface area contributed by atoms with Gasteiger partial charge in [-0.25, -0.2) is 4.57 Å². The Labute approximate surface area is 155 Å². The van der Waals surface area contributed by atoms with E-state index in [0.717, 1.165) is 62.0 Å². The summed E-state index contributed by atoms with van der Waals surface area (Å²) in [6.45, 7) is 5.82. The number of methoxy groups -OCH3 is 2. The van der Waals surface area contributed by atoms with Crippen LogP contribution in [0.4, 0.5) is 0 Å². The topological polar surface area (TPSA) is 34.8 Å². The number of benzene rings is 1. The molecule has 5 heteroatoms. The van der Waals surface area contributed by atoms with Crippen molar-refractivity contribution in [3.8, 4) is 11.5 Å². The maximum Gasteiger partial charge on any atom is 0.169 e. The standard InChI is InChI=1S/C21H27N2O3/c1-24-20-5-6-21(25-2)19(17-20)4-3-18-7-9-22(10-8-18)11-12-23-13-15-26-16-14-23/h3-10,17H,11-16H2,1-2H3/q+1. The van der Waals surface area contributed by atoms with Crippen LogP contribution < -0.4 is 14.0 Å². The summed E-state index contributed by atoms with van der Waals surface area (Å²) in [6.07, 6.45) is 8.39. The third-order valence-electron chi connectivity index (χ3n) is 4.59. The number of morpholine rings is 1. The van der Waals surface area contributed by atoms with Crippen molar-refractivity contribution in [3.63, 3.8) is 0 Å². The van der Waals surface area contributed by atoms with Crippen LogP contribution in [0.15, 0.2) is 42.7 Å². The van der Waals surface area contributed by atoms with Crippen LogP contribution in [0.1, 0.15) is 11.1 Å². The Morgan fingerprint density at radius 2 is 1.81 bits per heavy atom. The molecule has 0 N–H and O–H groups in total. The third kappa shape index (κ3) is 5.07. The molecule has 138 valence electrons. The fraction of sp³-hybridized carbons (Fsp3) is 0.381. The smallest absolute Gasteiger partial charge is 0.169 e. The summed E-state index contributed by atoms with van der Waals surface area (Å²) in [4.78, 5) is 2.44. The van der Waals surface area contributed by atoms with Gasteiger partial charge in [0.05, 0.1) is 34.0 Å². The molecule has 1 fully saturated rings. The van der Waals surface area contributed by atoms with Crippen LogP contribution >= 0.6 is 0 Å². The number of pyridine rings is 1. The lowest BCUT2D eigenvalue weighted by Crippen LogP contribution is -2.44. The van der Waals surface area contributed by atoms with Gasteiger partial charge in [-0.1, -0.05) is 12.2 Å². The van der Waals surface area contributed by atoms with Crippen molar-refractivity contribution in [2.75, 3.05) is 47.1 Å². The first-order valence-corrected chi connectivity index (χ1v) is 8.98. The minimum Gasteiger partial charge on any atom is -0.497 e. The number of ether oxygens (including phenoxy) is 3. The van der Waals surface area contributed by atoms with Crippen molar-refractivity contribution in [1.29, 1.82) is 0 Å². The van der Waals surface area contributed by atoms with Gasteiger partial charge in [0.1, 0.15) is 11.5 Å². The summed E-state index contributed by atoms with van der Waals surface area (Å²) >= 11 is 0. The molecule has 0 unspecified atom stereocenters. The van der Waals surface area contributed by atoms with Gasteiger partial charge in [-0.2, -0.15) is 0 Å². The molecule has 1 aromatic carbocycles. The van der Waals surface area contributed by atoms with Crippen molar-refractivity contribution in [3.05, 3.63) is 53.9 Å². The quantitative estimate of drug-likeness (QED) is 0.715. The molecule has 26 heavy (non-hydrogen) atoms. The Kier molecular flexibility index (Phi) is 6.63. The van der Waals surface area contributed by atoms with E-state index in [4.69, 9.17) is 14.2 Å². The Balaban J connectivity index is 1.61. The fourth-order valence-corrected chi connectivity index (χ4v) is 2.97. The van der Waals surface area contributed by atoms with Crippen molar-refractivity contribution < 1.29 is 18.8 Å². The normalized spacial score (nSPS) is 15.3. The number of aromatic nitrogens is 1. The highest BCUT2D eigenvalue weighted by molar-refractivity contribution is 5.73. The first kappa shape index (κ1) is 18.4. The second-order valence-electron chi connectivity index (χ2n) is 6.26. The van der Waals surface area contributed by atoms with E-state index in [1.165, 1.54) is 0 Å². The average Bonchev–Trinajstić information content (AvgIpc) is 2.72. The summed E-state index contributed by atoms with van der Waals surface area (Å²) in [5.74, 6) is 1.65. The first-order chi connectivity index (χ1) is 12.8. The Morgan fingerprint density at radius 3 is 2.50 bits per heavy atom. The first-order valence-electron chi connectivity index (χ1n) is 8.98. The Hall–Kier alpha value is -2.37. The Morgan fingerprint density at radius 1 is 1.04 bits per heavy atom. The van der Waals surface area contributed by atoms with Crippen LogP contribution in [0.5, 0.6) is 11.5 Å². The van der Waals surface area contributed by atoms with Gasteiger partial charge in [0, 0.05) is 30.8 Å². The highest BCUT2D eigenvalue weighted by Gasteiger charge is 2.11. The number of nitrogens with zero attached hydrogens (tertiary/aromatic N) is 2. The van der Waals surface area contributed by atoms with E-state index >= 15 is 0 Å². The van der Waals surface area contributed by atoms with E-state index in [0.29, 0.717) is 0 Å². The van der Waals surface area contributed by atoms with Crippen LogP contribution in [0.25, 0.3) is 12.2 Å². The van der Waals surface area contributed by atoms with E-state index in [9.17, 15) is 0 Å². The largest absolute Gasteiger partial charge is 0.497 e. The van der Waals surface area contributed by atoms with Crippen LogP contribution in [-0.2, 0) is 11.3 Å². The maximum atomic E-state index is 5.42. The molecule has 0 saturated carbocycles. The highest BCUT2D eigenvalue weighted by atomic mass is 16.5.